The van der Waals surface area contributed by atoms with E-state index in [0.29, 0.717) is 25.2 Å². The molecule has 98 valence electrons. The van der Waals surface area contributed by atoms with Gasteiger partial charge in [0, 0.05) is 12.8 Å². The molecule has 1 aromatic rings. The summed E-state index contributed by atoms with van der Waals surface area (Å²) in [6.45, 7) is 3.99. The fourth-order valence-electron chi connectivity index (χ4n) is 1.44. The van der Waals surface area contributed by atoms with Crippen LogP contribution in [0.3, 0.4) is 0 Å². The van der Waals surface area contributed by atoms with Crippen LogP contribution in [0.15, 0.2) is 22.6 Å². The maximum absolute atomic E-state index is 11.5. The van der Waals surface area contributed by atoms with Crippen molar-refractivity contribution < 1.29 is 18.7 Å². The van der Waals surface area contributed by atoms with Gasteiger partial charge in [-0.25, -0.2) is 0 Å². The third-order valence-electron chi connectivity index (χ3n) is 2.30. The third kappa shape index (κ3) is 5.48. The van der Waals surface area contributed by atoms with Crippen LogP contribution in [0.1, 0.15) is 37.7 Å². The molecule has 0 radical (unpaired) electrons. The SMILES string of the molecule is CCOC(=O)CCCC(=O)C=Cc1ccc(C)o1. The third-order valence-corrected chi connectivity index (χ3v) is 2.30. The smallest absolute Gasteiger partial charge is 0.305 e. The normalized spacial score (nSPS) is 10.8. The number of hydrogen-bond acceptors (Lipinski definition) is 4. The number of aryl methyl sites for hydroxylation is 1. The molecule has 0 aromatic carbocycles. The number of carbonyl (C=O) groups is 2. The molecule has 4 nitrogen and oxygen atoms in total. The molecule has 4 heteroatoms. The van der Waals surface area contributed by atoms with Crippen LogP contribution in [0, 0.1) is 6.92 Å². The largest absolute Gasteiger partial charge is 0.466 e. The van der Waals surface area contributed by atoms with E-state index < -0.39 is 0 Å². The monoisotopic (exact) mass is 250 g/mol. The van der Waals surface area contributed by atoms with Crippen LogP contribution in [-0.2, 0) is 14.3 Å². The predicted octanol–water partition coefficient (Wildman–Crippen LogP) is 2.90. The van der Waals surface area contributed by atoms with Gasteiger partial charge in [-0.15, -0.1) is 0 Å². The Labute approximate surface area is 107 Å². The van der Waals surface area contributed by atoms with Gasteiger partial charge in [0.05, 0.1) is 6.61 Å². The van der Waals surface area contributed by atoms with E-state index in [1.807, 2.05) is 13.0 Å². The standard InChI is InChI=1S/C14H18O4/c1-3-17-14(16)6-4-5-12(15)8-10-13-9-7-11(2)18-13/h7-10H,3-6H2,1-2H3. The van der Waals surface area contributed by atoms with Gasteiger partial charge >= 0.3 is 5.97 Å². The van der Waals surface area contributed by atoms with Gasteiger partial charge in [0.25, 0.3) is 0 Å². The Kier molecular flexibility index (Phi) is 5.91. The lowest BCUT2D eigenvalue weighted by molar-refractivity contribution is -0.143. The molecular formula is C14H18O4. The minimum absolute atomic E-state index is 0.0200. The molecule has 0 spiro atoms. The van der Waals surface area contributed by atoms with Crippen molar-refractivity contribution in [1.82, 2.24) is 0 Å². The molecule has 0 aliphatic carbocycles. The molecule has 0 amide bonds. The minimum atomic E-state index is -0.254. The van der Waals surface area contributed by atoms with Crippen molar-refractivity contribution in [2.24, 2.45) is 0 Å². The first-order valence-corrected chi connectivity index (χ1v) is 6.04. The van der Waals surface area contributed by atoms with Crippen LogP contribution in [0.2, 0.25) is 0 Å². The Bertz CT molecular complexity index is 429. The van der Waals surface area contributed by atoms with E-state index in [0.717, 1.165) is 5.76 Å². The summed E-state index contributed by atoms with van der Waals surface area (Å²) in [6.07, 6.45) is 4.25. The quantitative estimate of drug-likeness (QED) is 0.551. The van der Waals surface area contributed by atoms with Crippen LogP contribution in [-0.4, -0.2) is 18.4 Å². The molecular weight excluding hydrogens is 232 g/mol. The molecule has 1 rings (SSSR count). The van der Waals surface area contributed by atoms with E-state index in [9.17, 15) is 9.59 Å². The van der Waals surface area contributed by atoms with Crippen molar-refractivity contribution >= 4 is 17.8 Å². The highest BCUT2D eigenvalue weighted by molar-refractivity contribution is 5.93. The zero-order valence-electron chi connectivity index (χ0n) is 10.8. The zero-order chi connectivity index (χ0) is 13.4. The van der Waals surface area contributed by atoms with E-state index in [4.69, 9.17) is 9.15 Å². The van der Waals surface area contributed by atoms with Crippen LogP contribution in [0.4, 0.5) is 0 Å². The number of ketones is 1. The van der Waals surface area contributed by atoms with Crippen LogP contribution in [0.25, 0.3) is 6.08 Å². The molecule has 18 heavy (non-hydrogen) atoms. The molecule has 1 heterocycles. The molecule has 1 aromatic heterocycles. The van der Waals surface area contributed by atoms with Gasteiger partial charge in [-0.1, -0.05) is 0 Å². The van der Waals surface area contributed by atoms with Gasteiger partial charge in [0.1, 0.15) is 11.5 Å². The minimum Gasteiger partial charge on any atom is -0.466 e. The Morgan fingerprint density at radius 1 is 1.33 bits per heavy atom. The van der Waals surface area contributed by atoms with Crippen LogP contribution >= 0.6 is 0 Å². The summed E-state index contributed by atoms with van der Waals surface area (Å²) in [5, 5.41) is 0. The van der Waals surface area contributed by atoms with E-state index in [1.54, 1.807) is 19.1 Å². The molecule has 0 saturated heterocycles. The molecule has 0 N–H and O–H groups in total. The first-order chi connectivity index (χ1) is 8.61. The van der Waals surface area contributed by atoms with Gasteiger partial charge in [-0.2, -0.15) is 0 Å². The molecule has 0 aliphatic heterocycles. The Hall–Kier alpha value is -1.84. The summed E-state index contributed by atoms with van der Waals surface area (Å²) in [7, 11) is 0. The Balaban J connectivity index is 2.25. The van der Waals surface area contributed by atoms with Crippen molar-refractivity contribution in [3.63, 3.8) is 0 Å². The number of hydrogen-bond donors (Lipinski definition) is 0. The summed E-state index contributed by atoms with van der Waals surface area (Å²) in [5.74, 6) is 1.19. The van der Waals surface area contributed by atoms with Gasteiger partial charge in [-0.05, 0) is 44.6 Å². The number of furan rings is 1. The second-order valence-corrected chi connectivity index (χ2v) is 3.91. The van der Waals surface area contributed by atoms with Crippen LogP contribution < -0.4 is 0 Å². The summed E-state index contributed by atoms with van der Waals surface area (Å²) in [6, 6.07) is 3.64. The van der Waals surface area contributed by atoms with E-state index >= 15 is 0 Å². The van der Waals surface area contributed by atoms with E-state index in [-0.39, 0.29) is 18.2 Å². The maximum atomic E-state index is 11.5. The number of rotatable bonds is 7. The Morgan fingerprint density at radius 3 is 2.72 bits per heavy atom. The van der Waals surface area contributed by atoms with Gasteiger partial charge in [0.2, 0.25) is 0 Å². The topological polar surface area (TPSA) is 56.5 Å². The first kappa shape index (κ1) is 14.2. The van der Waals surface area contributed by atoms with Gasteiger partial charge in [0.15, 0.2) is 5.78 Å². The molecule has 0 bridgehead atoms. The molecule has 0 fully saturated rings. The van der Waals surface area contributed by atoms with E-state index in [1.165, 1.54) is 6.08 Å². The lowest BCUT2D eigenvalue weighted by Gasteiger charge is -1.99. The lowest BCUT2D eigenvalue weighted by atomic mass is 10.1. The van der Waals surface area contributed by atoms with Crippen LogP contribution in [0.5, 0.6) is 0 Å². The summed E-state index contributed by atoms with van der Waals surface area (Å²) in [4.78, 5) is 22.5. The fourth-order valence-corrected chi connectivity index (χ4v) is 1.44. The average molecular weight is 250 g/mol. The second-order valence-electron chi connectivity index (χ2n) is 3.91. The average Bonchev–Trinajstić information content (AvgIpc) is 2.73. The molecule has 0 unspecified atom stereocenters. The highest BCUT2D eigenvalue weighted by Gasteiger charge is 2.03. The van der Waals surface area contributed by atoms with Gasteiger partial charge < -0.3 is 9.15 Å². The number of esters is 1. The fraction of sp³-hybridized carbons (Fsp3) is 0.429. The lowest BCUT2D eigenvalue weighted by Crippen LogP contribution is -2.04. The molecule has 0 atom stereocenters. The highest BCUT2D eigenvalue weighted by atomic mass is 16.5. The first-order valence-electron chi connectivity index (χ1n) is 6.04. The van der Waals surface area contributed by atoms with E-state index in [2.05, 4.69) is 0 Å². The number of carbonyl (C=O) groups excluding carboxylic acids is 2. The zero-order valence-corrected chi connectivity index (χ0v) is 10.8. The summed E-state index contributed by atoms with van der Waals surface area (Å²) in [5.41, 5.74) is 0. The summed E-state index contributed by atoms with van der Waals surface area (Å²) >= 11 is 0. The molecule has 0 aliphatic rings. The maximum Gasteiger partial charge on any atom is 0.305 e. The van der Waals surface area contributed by atoms with Crippen molar-refractivity contribution in [2.45, 2.75) is 33.1 Å². The van der Waals surface area contributed by atoms with Gasteiger partial charge in [-0.3, -0.25) is 9.59 Å². The van der Waals surface area contributed by atoms with Crippen molar-refractivity contribution in [2.75, 3.05) is 6.61 Å². The predicted molar refractivity (Wildman–Crippen MR) is 68.0 cm³/mol. The Morgan fingerprint density at radius 2 is 2.11 bits per heavy atom. The number of allylic oxidation sites excluding steroid dienone is 1. The summed E-state index contributed by atoms with van der Waals surface area (Å²) < 4.78 is 10.1. The molecule has 0 saturated carbocycles. The second kappa shape index (κ2) is 7.48. The number of ether oxygens (including phenoxy) is 1. The highest BCUT2D eigenvalue weighted by Crippen LogP contribution is 2.08. The van der Waals surface area contributed by atoms with Crippen molar-refractivity contribution in [1.29, 1.82) is 0 Å². The van der Waals surface area contributed by atoms with Crippen molar-refractivity contribution in [3.05, 3.63) is 29.7 Å². The van der Waals surface area contributed by atoms with Crippen molar-refractivity contribution in [3.8, 4) is 0 Å².